The Morgan fingerprint density at radius 1 is 0.771 bits per heavy atom. The average molecular weight is 487 g/mol. The molecule has 0 saturated heterocycles. The molecule has 0 heterocycles. The van der Waals surface area contributed by atoms with Crippen molar-refractivity contribution in [3.05, 3.63) is 12.2 Å². The van der Waals surface area contributed by atoms with Gasteiger partial charge in [-0.2, -0.15) is 0 Å². The van der Waals surface area contributed by atoms with E-state index in [2.05, 4.69) is 34.3 Å². The molecular formula is C30H46O5. The molecule has 0 aromatic heterocycles. The lowest BCUT2D eigenvalue weighted by atomic mass is 9.32. The predicted octanol–water partition coefficient (Wildman–Crippen LogP) is 6.15. The predicted molar refractivity (Wildman–Crippen MR) is 135 cm³/mol. The number of hydrogen-bond donors (Lipinski definition) is 3. The number of aliphatic hydroxyl groups is 1. The zero-order valence-electron chi connectivity index (χ0n) is 22.4. The van der Waals surface area contributed by atoms with E-state index in [4.69, 9.17) is 0 Å². The minimum Gasteiger partial charge on any atom is -0.481 e. The average Bonchev–Trinajstić information content (AvgIpc) is 3.18. The van der Waals surface area contributed by atoms with E-state index in [0.717, 1.165) is 63.4 Å². The molecule has 5 nitrogen and oxygen atoms in total. The Bertz CT molecular complexity index is 958. The third-order valence-corrected chi connectivity index (χ3v) is 13.6. The molecular weight excluding hydrogens is 440 g/mol. The van der Waals surface area contributed by atoms with Gasteiger partial charge in [-0.05, 0) is 124 Å². The van der Waals surface area contributed by atoms with Gasteiger partial charge in [-0.25, -0.2) is 0 Å². The van der Waals surface area contributed by atoms with E-state index in [1.165, 1.54) is 0 Å². The first-order valence-electron chi connectivity index (χ1n) is 14.0. The molecule has 5 fully saturated rings. The van der Waals surface area contributed by atoms with E-state index in [-0.39, 0.29) is 34.0 Å². The van der Waals surface area contributed by atoms with Crippen molar-refractivity contribution in [1.82, 2.24) is 0 Å². The quantitative estimate of drug-likeness (QED) is 0.416. The van der Waals surface area contributed by atoms with Gasteiger partial charge >= 0.3 is 11.9 Å². The fourth-order valence-electron chi connectivity index (χ4n) is 11.5. The maximum absolute atomic E-state index is 12.8. The normalized spacial score (nSPS) is 55.1. The molecule has 35 heavy (non-hydrogen) atoms. The van der Waals surface area contributed by atoms with Crippen molar-refractivity contribution in [2.75, 3.05) is 0 Å². The fourth-order valence-corrected chi connectivity index (χ4v) is 11.5. The van der Waals surface area contributed by atoms with Gasteiger partial charge < -0.3 is 15.3 Å². The second-order valence-electron chi connectivity index (χ2n) is 14.3. The maximum Gasteiger partial charge on any atom is 0.312 e. The number of carbonyl (C=O) groups is 2. The van der Waals surface area contributed by atoms with E-state index in [1.54, 1.807) is 6.92 Å². The van der Waals surface area contributed by atoms with Gasteiger partial charge in [0, 0.05) is 0 Å². The van der Waals surface area contributed by atoms with Gasteiger partial charge in [0.05, 0.1) is 16.9 Å². The van der Waals surface area contributed by atoms with Crippen LogP contribution in [-0.4, -0.2) is 33.4 Å². The molecule has 5 heteroatoms. The van der Waals surface area contributed by atoms with Crippen LogP contribution in [0.4, 0.5) is 0 Å². The maximum atomic E-state index is 12.8. The molecule has 0 bridgehead atoms. The summed E-state index contributed by atoms with van der Waals surface area (Å²) in [5.74, 6) is -0.315. The van der Waals surface area contributed by atoms with E-state index in [0.29, 0.717) is 18.3 Å². The number of carboxylic acids is 2. The molecule has 0 aliphatic heterocycles. The third-order valence-electron chi connectivity index (χ3n) is 13.6. The minimum atomic E-state index is -1.10. The summed E-state index contributed by atoms with van der Waals surface area (Å²) < 4.78 is 0. The van der Waals surface area contributed by atoms with Crippen molar-refractivity contribution in [3.8, 4) is 0 Å². The van der Waals surface area contributed by atoms with Crippen molar-refractivity contribution in [1.29, 1.82) is 0 Å². The summed E-state index contributed by atoms with van der Waals surface area (Å²) in [5, 5.41) is 31.6. The van der Waals surface area contributed by atoms with Crippen LogP contribution < -0.4 is 0 Å². The van der Waals surface area contributed by atoms with Crippen LogP contribution in [0.2, 0.25) is 0 Å². The molecule has 0 aromatic carbocycles. The molecule has 5 aliphatic rings. The second kappa shape index (κ2) is 7.58. The summed E-state index contributed by atoms with van der Waals surface area (Å²) in [6, 6.07) is 0. The monoisotopic (exact) mass is 486 g/mol. The highest BCUT2D eigenvalue weighted by atomic mass is 16.4. The highest BCUT2D eigenvalue weighted by molar-refractivity contribution is 5.76. The van der Waals surface area contributed by atoms with E-state index >= 15 is 0 Å². The van der Waals surface area contributed by atoms with Crippen LogP contribution >= 0.6 is 0 Å². The first kappa shape index (κ1) is 25.3. The molecule has 5 aliphatic carbocycles. The van der Waals surface area contributed by atoms with Crippen molar-refractivity contribution in [3.63, 3.8) is 0 Å². The molecule has 5 saturated carbocycles. The van der Waals surface area contributed by atoms with Gasteiger partial charge in [-0.15, -0.1) is 0 Å². The Balaban J connectivity index is 1.57. The van der Waals surface area contributed by atoms with Gasteiger partial charge in [-0.3, -0.25) is 9.59 Å². The molecule has 0 aromatic rings. The smallest absolute Gasteiger partial charge is 0.312 e. The van der Waals surface area contributed by atoms with Crippen molar-refractivity contribution in [2.45, 2.75) is 105 Å². The molecule has 196 valence electrons. The Labute approximate surface area is 210 Å². The van der Waals surface area contributed by atoms with E-state index in [9.17, 15) is 24.9 Å². The van der Waals surface area contributed by atoms with Gasteiger partial charge in [0.1, 0.15) is 0 Å². The second-order valence-corrected chi connectivity index (χ2v) is 14.3. The van der Waals surface area contributed by atoms with Crippen LogP contribution in [0.3, 0.4) is 0 Å². The number of aliphatic carboxylic acids is 2. The van der Waals surface area contributed by atoms with Crippen LogP contribution in [0, 0.1) is 56.7 Å². The SMILES string of the molecule is C=C(C)[C@@H]1CC[C@]2(C(=O)O)CC[C@]3(C)[C@H](CCC4[C@@]5(C)CC[C@H](O)[C@@](C)(C(=O)O)C5CC[C@]43C)C12. The Morgan fingerprint density at radius 2 is 1.46 bits per heavy atom. The summed E-state index contributed by atoms with van der Waals surface area (Å²) >= 11 is 0. The number of fused-ring (bicyclic) bond motifs is 7. The number of allylic oxidation sites excluding steroid dienone is 1. The first-order valence-corrected chi connectivity index (χ1v) is 14.0. The molecule has 11 atom stereocenters. The molecule has 3 N–H and O–H groups in total. The molecule has 0 amide bonds. The standard InChI is InChI=1S/C30H46O5/c1-17(2)18-9-14-30(25(34)35)16-15-27(4)19(23(18)30)7-8-20-26(3)12-11-22(31)29(6,24(32)33)21(26)10-13-28(20,27)5/h18-23,31H,1,7-16H2,2-6H3,(H,32,33)(H,34,35)/t18-,19+,20?,21?,22-,23?,26+,27+,28+,29-,30-/m0/s1. The zero-order chi connectivity index (χ0) is 25.8. The van der Waals surface area contributed by atoms with Crippen LogP contribution in [0.15, 0.2) is 12.2 Å². The molecule has 0 radical (unpaired) electrons. The fraction of sp³-hybridized carbons (Fsp3) is 0.867. The van der Waals surface area contributed by atoms with Crippen LogP contribution in [0.25, 0.3) is 0 Å². The van der Waals surface area contributed by atoms with Gasteiger partial charge in [0.25, 0.3) is 0 Å². The van der Waals surface area contributed by atoms with Crippen LogP contribution in [-0.2, 0) is 9.59 Å². The number of carboxylic acid groups (broad SMARTS) is 2. The lowest BCUT2D eigenvalue weighted by Crippen LogP contribution is -2.68. The van der Waals surface area contributed by atoms with Crippen molar-refractivity contribution in [2.24, 2.45) is 56.7 Å². The highest BCUT2D eigenvalue weighted by Crippen LogP contribution is 2.77. The van der Waals surface area contributed by atoms with E-state index in [1.807, 2.05) is 0 Å². The van der Waals surface area contributed by atoms with E-state index < -0.39 is 28.9 Å². The number of aliphatic hydroxyl groups excluding tert-OH is 1. The lowest BCUT2D eigenvalue weighted by Gasteiger charge is -2.72. The Kier molecular flexibility index (Phi) is 5.48. The molecule has 3 unspecified atom stereocenters. The lowest BCUT2D eigenvalue weighted by molar-refractivity contribution is -0.251. The third kappa shape index (κ3) is 2.85. The van der Waals surface area contributed by atoms with Gasteiger partial charge in [0.15, 0.2) is 0 Å². The van der Waals surface area contributed by atoms with Crippen molar-refractivity contribution < 1.29 is 24.9 Å². The summed E-state index contributed by atoms with van der Waals surface area (Å²) in [5.41, 5.74) is -0.638. The Hall–Kier alpha value is -1.36. The summed E-state index contributed by atoms with van der Waals surface area (Å²) in [6.45, 7) is 15.4. The Morgan fingerprint density at radius 3 is 2.06 bits per heavy atom. The molecule has 5 rings (SSSR count). The number of hydrogen-bond acceptors (Lipinski definition) is 3. The van der Waals surface area contributed by atoms with Crippen molar-refractivity contribution >= 4 is 11.9 Å². The van der Waals surface area contributed by atoms with Gasteiger partial charge in [-0.1, -0.05) is 32.9 Å². The summed E-state index contributed by atoms with van der Waals surface area (Å²) in [6.07, 6.45) is 7.86. The number of rotatable bonds is 3. The van der Waals surface area contributed by atoms with Gasteiger partial charge in [0.2, 0.25) is 0 Å². The first-order chi connectivity index (χ1) is 16.2. The van der Waals surface area contributed by atoms with Crippen LogP contribution in [0.5, 0.6) is 0 Å². The minimum absolute atomic E-state index is 0.0290. The largest absolute Gasteiger partial charge is 0.481 e. The molecule has 0 spiro atoms. The topological polar surface area (TPSA) is 94.8 Å². The zero-order valence-corrected chi connectivity index (χ0v) is 22.4. The summed E-state index contributed by atoms with van der Waals surface area (Å²) in [7, 11) is 0. The van der Waals surface area contributed by atoms with Crippen LogP contribution in [0.1, 0.15) is 98.8 Å². The summed E-state index contributed by atoms with van der Waals surface area (Å²) in [4.78, 5) is 25.3. The highest BCUT2D eigenvalue weighted by Gasteiger charge is 2.73.